The lowest BCUT2D eigenvalue weighted by molar-refractivity contribution is -0.129. The summed E-state index contributed by atoms with van der Waals surface area (Å²) in [5.74, 6) is -0.512. The van der Waals surface area contributed by atoms with Gasteiger partial charge in [0.1, 0.15) is 0 Å². The van der Waals surface area contributed by atoms with Gasteiger partial charge in [-0.15, -0.1) is 0 Å². The zero-order valence-corrected chi connectivity index (χ0v) is 12.2. The standard InChI is InChI=1S/C18H18N2O2/c21-17(14-8-2-1-3-9-14)18(22)20-19-16-12-6-10-13-7-4-5-11-15(13)16/h1-5,7-9,11,17,21H,6,10,12H2,(H,20,22)/t17-/m0/s1. The maximum absolute atomic E-state index is 12.0. The minimum atomic E-state index is -1.20. The molecule has 0 aromatic heterocycles. The molecule has 3 rings (SSSR count). The topological polar surface area (TPSA) is 61.7 Å². The highest BCUT2D eigenvalue weighted by Crippen LogP contribution is 2.21. The summed E-state index contributed by atoms with van der Waals surface area (Å²) in [6.07, 6.45) is 1.69. The zero-order chi connectivity index (χ0) is 15.4. The summed E-state index contributed by atoms with van der Waals surface area (Å²) in [6.45, 7) is 0. The van der Waals surface area contributed by atoms with Crippen LogP contribution in [0.3, 0.4) is 0 Å². The highest BCUT2D eigenvalue weighted by atomic mass is 16.3. The molecule has 0 aliphatic heterocycles. The first-order valence-electron chi connectivity index (χ1n) is 7.43. The van der Waals surface area contributed by atoms with Gasteiger partial charge in [-0.05, 0) is 30.4 Å². The molecule has 1 aliphatic rings. The van der Waals surface area contributed by atoms with Crippen molar-refractivity contribution in [1.29, 1.82) is 0 Å². The fraction of sp³-hybridized carbons (Fsp3) is 0.222. The normalized spacial score (nSPS) is 16.9. The second-order valence-corrected chi connectivity index (χ2v) is 5.36. The Labute approximate surface area is 129 Å². The molecule has 2 N–H and O–H groups in total. The number of hydrogen-bond acceptors (Lipinski definition) is 3. The molecule has 0 saturated carbocycles. The van der Waals surface area contributed by atoms with E-state index in [1.54, 1.807) is 24.3 Å². The fourth-order valence-corrected chi connectivity index (χ4v) is 2.69. The summed E-state index contributed by atoms with van der Waals surface area (Å²) in [6, 6.07) is 16.9. The number of hydrogen-bond donors (Lipinski definition) is 2. The maximum atomic E-state index is 12.0. The molecule has 2 aromatic carbocycles. The van der Waals surface area contributed by atoms with Gasteiger partial charge in [0.25, 0.3) is 5.91 Å². The van der Waals surface area contributed by atoms with E-state index in [1.165, 1.54) is 5.56 Å². The number of aryl methyl sites for hydroxylation is 1. The molecule has 0 saturated heterocycles. The molecular formula is C18H18N2O2. The largest absolute Gasteiger partial charge is 0.378 e. The van der Waals surface area contributed by atoms with Crippen LogP contribution < -0.4 is 5.43 Å². The predicted molar refractivity (Wildman–Crippen MR) is 85.5 cm³/mol. The minimum Gasteiger partial charge on any atom is -0.378 e. The molecule has 1 amide bonds. The Balaban J connectivity index is 1.73. The van der Waals surface area contributed by atoms with E-state index in [4.69, 9.17) is 0 Å². The van der Waals surface area contributed by atoms with Crippen molar-refractivity contribution in [3.63, 3.8) is 0 Å². The van der Waals surface area contributed by atoms with Crippen LogP contribution in [0.1, 0.15) is 35.6 Å². The molecule has 0 spiro atoms. The second-order valence-electron chi connectivity index (χ2n) is 5.36. The predicted octanol–water partition coefficient (Wildman–Crippen LogP) is 2.58. The molecule has 0 radical (unpaired) electrons. The number of aliphatic hydroxyl groups excluding tert-OH is 1. The van der Waals surface area contributed by atoms with Crippen molar-refractivity contribution in [3.8, 4) is 0 Å². The molecule has 22 heavy (non-hydrogen) atoms. The van der Waals surface area contributed by atoms with Crippen LogP contribution >= 0.6 is 0 Å². The van der Waals surface area contributed by atoms with Gasteiger partial charge in [-0.3, -0.25) is 4.79 Å². The van der Waals surface area contributed by atoms with Crippen LogP contribution in [0, 0.1) is 0 Å². The Bertz CT molecular complexity index is 695. The summed E-state index contributed by atoms with van der Waals surface area (Å²) in [7, 11) is 0. The van der Waals surface area contributed by atoms with E-state index >= 15 is 0 Å². The lowest BCUT2D eigenvalue weighted by Gasteiger charge is -2.17. The van der Waals surface area contributed by atoms with Crippen LogP contribution in [0.5, 0.6) is 0 Å². The molecule has 4 nitrogen and oxygen atoms in total. The van der Waals surface area contributed by atoms with Crippen molar-refractivity contribution in [1.82, 2.24) is 5.43 Å². The number of amides is 1. The average molecular weight is 294 g/mol. The van der Waals surface area contributed by atoms with Gasteiger partial charge in [0.15, 0.2) is 6.10 Å². The van der Waals surface area contributed by atoms with Crippen molar-refractivity contribution in [2.24, 2.45) is 5.10 Å². The van der Waals surface area contributed by atoms with Crippen molar-refractivity contribution >= 4 is 11.6 Å². The zero-order valence-electron chi connectivity index (χ0n) is 12.2. The SMILES string of the molecule is O=C(NN=C1CCCc2ccccc21)[C@@H](O)c1ccccc1. The summed E-state index contributed by atoms with van der Waals surface area (Å²) < 4.78 is 0. The number of rotatable bonds is 3. The Morgan fingerprint density at radius 3 is 2.59 bits per heavy atom. The first-order valence-corrected chi connectivity index (χ1v) is 7.43. The number of nitrogens with one attached hydrogen (secondary N) is 1. The summed E-state index contributed by atoms with van der Waals surface area (Å²) >= 11 is 0. The average Bonchev–Trinajstić information content (AvgIpc) is 2.59. The summed E-state index contributed by atoms with van der Waals surface area (Å²) in [5.41, 5.74) is 6.26. The number of aliphatic hydroxyl groups is 1. The monoisotopic (exact) mass is 294 g/mol. The fourth-order valence-electron chi connectivity index (χ4n) is 2.69. The van der Waals surface area contributed by atoms with Crippen molar-refractivity contribution < 1.29 is 9.90 Å². The third-order valence-corrected chi connectivity index (χ3v) is 3.85. The summed E-state index contributed by atoms with van der Waals surface area (Å²) in [5, 5.41) is 14.3. The lowest BCUT2D eigenvalue weighted by Crippen LogP contribution is -2.27. The Morgan fingerprint density at radius 1 is 1.05 bits per heavy atom. The van der Waals surface area contributed by atoms with Gasteiger partial charge < -0.3 is 5.11 Å². The first kappa shape index (κ1) is 14.5. The highest BCUT2D eigenvalue weighted by molar-refractivity contribution is 6.03. The van der Waals surface area contributed by atoms with Gasteiger partial charge in [0.2, 0.25) is 0 Å². The van der Waals surface area contributed by atoms with Gasteiger partial charge in [-0.25, -0.2) is 5.43 Å². The van der Waals surface area contributed by atoms with Crippen molar-refractivity contribution in [2.75, 3.05) is 0 Å². The molecule has 2 aromatic rings. The third-order valence-electron chi connectivity index (χ3n) is 3.85. The van der Waals surface area contributed by atoms with Crippen molar-refractivity contribution in [2.45, 2.75) is 25.4 Å². The second kappa shape index (κ2) is 6.54. The van der Waals surface area contributed by atoms with Gasteiger partial charge >= 0.3 is 0 Å². The lowest BCUT2D eigenvalue weighted by atomic mass is 9.90. The summed E-state index contributed by atoms with van der Waals surface area (Å²) in [4.78, 5) is 12.0. The molecule has 0 unspecified atom stereocenters. The van der Waals surface area contributed by atoms with Crippen LogP contribution in [-0.2, 0) is 11.2 Å². The molecule has 0 fully saturated rings. The highest BCUT2D eigenvalue weighted by Gasteiger charge is 2.18. The van der Waals surface area contributed by atoms with Gasteiger partial charge in [-0.1, -0.05) is 54.6 Å². The number of carbonyl (C=O) groups is 1. The van der Waals surface area contributed by atoms with Crippen molar-refractivity contribution in [3.05, 3.63) is 71.3 Å². The Kier molecular flexibility index (Phi) is 4.30. The number of benzene rings is 2. The van der Waals surface area contributed by atoms with E-state index in [9.17, 15) is 9.90 Å². The maximum Gasteiger partial charge on any atom is 0.273 e. The molecule has 112 valence electrons. The smallest absolute Gasteiger partial charge is 0.273 e. The molecule has 0 heterocycles. The van der Waals surface area contributed by atoms with E-state index in [-0.39, 0.29) is 0 Å². The molecule has 0 bridgehead atoms. The quantitative estimate of drug-likeness (QED) is 0.855. The van der Waals surface area contributed by atoms with E-state index in [1.807, 2.05) is 24.3 Å². The van der Waals surface area contributed by atoms with Gasteiger partial charge in [-0.2, -0.15) is 5.10 Å². The van der Waals surface area contributed by atoms with Crippen LogP contribution in [0.2, 0.25) is 0 Å². The number of carbonyl (C=O) groups excluding carboxylic acids is 1. The van der Waals surface area contributed by atoms with Crippen LogP contribution in [0.15, 0.2) is 59.7 Å². The van der Waals surface area contributed by atoms with E-state index < -0.39 is 12.0 Å². The third kappa shape index (κ3) is 3.07. The number of nitrogens with zero attached hydrogens (tertiary/aromatic N) is 1. The molecular weight excluding hydrogens is 276 g/mol. The van der Waals surface area contributed by atoms with Crippen LogP contribution in [0.25, 0.3) is 0 Å². The molecule has 1 aliphatic carbocycles. The van der Waals surface area contributed by atoms with Gasteiger partial charge in [0, 0.05) is 5.56 Å². The molecule has 1 atom stereocenters. The van der Waals surface area contributed by atoms with E-state index in [0.717, 1.165) is 30.5 Å². The van der Waals surface area contributed by atoms with Crippen LogP contribution in [-0.4, -0.2) is 16.7 Å². The number of hydrazone groups is 1. The minimum absolute atomic E-state index is 0.512. The first-order chi connectivity index (χ1) is 10.8. The van der Waals surface area contributed by atoms with Crippen LogP contribution in [0.4, 0.5) is 0 Å². The Morgan fingerprint density at radius 2 is 1.77 bits per heavy atom. The Hall–Kier alpha value is -2.46. The van der Waals surface area contributed by atoms with Gasteiger partial charge in [0.05, 0.1) is 5.71 Å². The van der Waals surface area contributed by atoms with E-state index in [0.29, 0.717) is 5.56 Å². The molecule has 4 heteroatoms. The van der Waals surface area contributed by atoms with E-state index in [2.05, 4.69) is 16.6 Å². The number of fused-ring (bicyclic) bond motifs is 1.